The number of rotatable bonds is 20. The van der Waals surface area contributed by atoms with E-state index in [4.69, 9.17) is 9.47 Å². The summed E-state index contributed by atoms with van der Waals surface area (Å²) in [5.41, 5.74) is 0. The van der Waals surface area contributed by atoms with Gasteiger partial charge >= 0.3 is 11.9 Å². The Kier molecular flexibility index (Phi) is 20.2. The Balaban J connectivity index is 3.78. The van der Waals surface area contributed by atoms with Gasteiger partial charge in [-0.05, 0) is 24.7 Å². The van der Waals surface area contributed by atoms with Gasteiger partial charge in [0.15, 0.2) is 0 Å². The molecule has 0 aliphatic carbocycles. The average molecular weight is 466 g/mol. The molecule has 0 saturated carbocycles. The number of unbranched alkanes of at least 4 members (excludes halogenated alkanes) is 2. The van der Waals surface area contributed by atoms with Crippen LogP contribution in [0.4, 0.5) is 0 Å². The Hall–Kier alpha value is -0.440. The Morgan fingerprint density at radius 3 is 1.53 bits per heavy atom. The van der Waals surface area contributed by atoms with Crippen molar-refractivity contribution in [3.05, 3.63) is 0 Å². The summed E-state index contributed by atoms with van der Waals surface area (Å²) in [6.07, 6.45) is 8.84. The van der Waals surface area contributed by atoms with Crippen molar-refractivity contribution in [3.8, 4) is 0 Å². The molecule has 2 unspecified atom stereocenters. The van der Waals surface area contributed by atoms with Crippen LogP contribution in [0.2, 0.25) is 0 Å². The third-order valence-corrected chi connectivity index (χ3v) is 6.81. The molecular weight excluding hydrogens is 422 g/mol. The molecule has 0 spiro atoms. The highest BCUT2D eigenvalue weighted by molar-refractivity contribution is 8.00. The van der Waals surface area contributed by atoms with Gasteiger partial charge in [0, 0.05) is 0 Å². The number of hydrogen-bond donors (Lipinski definition) is 1. The maximum absolute atomic E-state index is 11.8. The van der Waals surface area contributed by atoms with Gasteiger partial charge in [-0.15, -0.1) is 23.5 Å². The fraction of sp³-hybridized carbons (Fsp3) is 0.909. The lowest BCUT2D eigenvalue weighted by Crippen LogP contribution is -2.22. The lowest BCUT2D eigenvalue weighted by molar-refractivity contribution is -0.142. The van der Waals surface area contributed by atoms with Crippen molar-refractivity contribution >= 4 is 35.5 Å². The van der Waals surface area contributed by atoms with Gasteiger partial charge in [-0.3, -0.25) is 9.59 Å². The number of hydrogen-bond acceptors (Lipinski definition) is 8. The number of ether oxygens (including phenoxy) is 2. The van der Waals surface area contributed by atoms with Gasteiger partial charge in [-0.1, -0.05) is 66.2 Å². The van der Waals surface area contributed by atoms with Gasteiger partial charge in [0.25, 0.3) is 0 Å². The fourth-order valence-corrected chi connectivity index (χ4v) is 4.21. The number of hydroxylamine groups is 2. The maximum Gasteiger partial charge on any atom is 0.315 e. The summed E-state index contributed by atoms with van der Waals surface area (Å²) in [5, 5.41) is 11.0. The highest BCUT2D eigenvalue weighted by Crippen LogP contribution is 2.15. The molecule has 178 valence electrons. The second kappa shape index (κ2) is 20.5. The molecule has 0 saturated heterocycles. The molecule has 0 heterocycles. The smallest absolute Gasteiger partial charge is 0.315 e. The molecule has 0 amide bonds. The first-order valence-corrected chi connectivity index (χ1v) is 13.7. The molecular formula is C22H43NO5S2. The van der Waals surface area contributed by atoms with Crippen molar-refractivity contribution in [1.29, 1.82) is 0 Å². The summed E-state index contributed by atoms with van der Waals surface area (Å²) in [7, 11) is 0. The van der Waals surface area contributed by atoms with Crippen molar-refractivity contribution < 1.29 is 24.3 Å². The van der Waals surface area contributed by atoms with Crippen LogP contribution in [0.1, 0.15) is 79.1 Å². The maximum atomic E-state index is 11.8. The van der Waals surface area contributed by atoms with E-state index in [0.29, 0.717) is 36.8 Å². The highest BCUT2D eigenvalue weighted by Gasteiger charge is 2.13. The van der Waals surface area contributed by atoms with E-state index in [2.05, 4.69) is 27.7 Å². The van der Waals surface area contributed by atoms with Gasteiger partial charge in [0.2, 0.25) is 0 Å². The Morgan fingerprint density at radius 2 is 1.20 bits per heavy atom. The zero-order chi connectivity index (χ0) is 22.6. The Bertz CT molecular complexity index is 402. The van der Waals surface area contributed by atoms with Crippen LogP contribution in [-0.4, -0.2) is 58.7 Å². The molecule has 0 fully saturated rings. The number of thioether (sulfide) groups is 2. The molecule has 30 heavy (non-hydrogen) atoms. The largest absolute Gasteiger partial charge is 0.465 e. The van der Waals surface area contributed by atoms with E-state index < -0.39 is 0 Å². The summed E-state index contributed by atoms with van der Waals surface area (Å²) >= 11 is 2.60. The average Bonchev–Trinajstić information content (AvgIpc) is 2.74. The first kappa shape index (κ1) is 29.6. The molecule has 0 aromatic heterocycles. The standard InChI is InChI=1S/C22H43NO5S2/c1-5-9-11-19(7-3)13-27-21(24)15-29-17-23(26)18-30-16-22(25)28-14-20(8-4)12-10-6-2/h19-20,26H,5-18H2,1-4H3. The molecule has 0 aromatic carbocycles. The van der Waals surface area contributed by atoms with Gasteiger partial charge in [-0.2, -0.15) is 5.06 Å². The normalized spacial score (nSPS) is 13.3. The third-order valence-electron chi connectivity index (χ3n) is 4.97. The van der Waals surface area contributed by atoms with E-state index in [1.807, 2.05) is 0 Å². The van der Waals surface area contributed by atoms with Crippen molar-refractivity contribution in [2.24, 2.45) is 11.8 Å². The third kappa shape index (κ3) is 17.3. The van der Waals surface area contributed by atoms with E-state index in [1.165, 1.54) is 23.5 Å². The van der Waals surface area contributed by atoms with E-state index in [1.54, 1.807) is 0 Å². The van der Waals surface area contributed by atoms with Gasteiger partial charge in [-0.25, -0.2) is 0 Å². The minimum atomic E-state index is -0.242. The van der Waals surface area contributed by atoms with Crippen LogP contribution in [0.3, 0.4) is 0 Å². The second-order valence-electron chi connectivity index (χ2n) is 7.66. The number of esters is 2. The lowest BCUT2D eigenvalue weighted by atomic mass is 10.0. The molecule has 2 atom stereocenters. The SMILES string of the molecule is CCCCC(CC)COC(=O)CSCN(O)CSCC(=O)OCC(CC)CCCC. The minimum absolute atomic E-state index is 0.212. The Morgan fingerprint density at radius 1 is 0.800 bits per heavy atom. The van der Waals surface area contributed by atoms with Crippen molar-refractivity contribution in [1.82, 2.24) is 5.06 Å². The minimum Gasteiger partial charge on any atom is -0.465 e. The molecule has 0 aliphatic heterocycles. The molecule has 1 N–H and O–H groups in total. The van der Waals surface area contributed by atoms with Gasteiger partial charge < -0.3 is 14.7 Å². The zero-order valence-corrected chi connectivity index (χ0v) is 21.0. The Labute approximate surface area is 192 Å². The molecule has 0 radical (unpaired) electrons. The van der Waals surface area contributed by atoms with E-state index in [9.17, 15) is 14.8 Å². The second-order valence-corrected chi connectivity index (χ2v) is 9.57. The number of carbonyl (C=O) groups is 2. The highest BCUT2D eigenvalue weighted by atomic mass is 32.2. The molecule has 0 aromatic rings. The first-order chi connectivity index (χ1) is 14.5. The topological polar surface area (TPSA) is 76.1 Å². The van der Waals surface area contributed by atoms with Crippen LogP contribution in [0.5, 0.6) is 0 Å². The predicted octanol–water partition coefficient (Wildman–Crippen LogP) is 5.58. The van der Waals surface area contributed by atoms with Crippen LogP contribution >= 0.6 is 23.5 Å². The quantitative estimate of drug-likeness (QED) is 0.142. The fourth-order valence-electron chi connectivity index (χ4n) is 2.81. The van der Waals surface area contributed by atoms with Crippen LogP contribution in [0.25, 0.3) is 0 Å². The molecule has 8 heteroatoms. The van der Waals surface area contributed by atoms with E-state index in [-0.39, 0.29) is 23.4 Å². The van der Waals surface area contributed by atoms with Crippen molar-refractivity contribution in [2.75, 3.05) is 36.5 Å². The zero-order valence-electron chi connectivity index (χ0n) is 19.4. The lowest BCUT2D eigenvalue weighted by Gasteiger charge is -2.16. The molecule has 0 aliphatic rings. The van der Waals surface area contributed by atoms with Crippen molar-refractivity contribution in [3.63, 3.8) is 0 Å². The number of nitrogens with zero attached hydrogens (tertiary/aromatic N) is 1. The van der Waals surface area contributed by atoms with Gasteiger partial charge in [0.05, 0.1) is 36.5 Å². The summed E-state index contributed by atoms with van der Waals surface area (Å²) in [5.74, 6) is 1.39. The van der Waals surface area contributed by atoms with E-state index >= 15 is 0 Å². The number of carbonyl (C=O) groups excluding carboxylic acids is 2. The predicted molar refractivity (Wildman–Crippen MR) is 127 cm³/mol. The summed E-state index contributed by atoms with van der Waals surface area (Å²) in [4.78, 5) is 23.7. The van der Waals surface area contributed by atoms with E-state index in [0.717, 1.165) is 56.4 Å². The summed E-state index contributed by atoms with van der Waals surface area (Å²) in [6.45, 7) is 9.52. The molecule has 0 rings (SSSR count). The van der Waals surface area contributed by atoms with Crippen LogP contribution in [-0.2, 0) is 19.1 Å². The first-order valence-electron chi connectivity index (χ1n) is 11.4. The van der Waals surface area contributed by atoms with Crippen LogP contribution < -0.4 is 0 Å². The van der Waals surface area contributed by atoms with Gasteiger partial charge in [0.1, 0.15) is 0 Å². The monoisotopic (exact) mass is 465 g/mol. The van der Waals surface area contributed by atoms with Crippen molar-refractivity contribution in [2.45, 2.75) is 79.1 Å². The van der Waals surface area contributed by atoms with Crippen LogP contribution in [0.15, 0.2) is 0 Å². The summed E-state index contributed by atoms with van der Waals surface area (Å²) in [6, 6.07) is 0. The van der Waals surface area contributed by atoms with Crippen LogP contribution in [0, 0.1) is 11.8 Å². The molecule has 6 nitrogen and oxygen atoms in total. The molecule has 0 bridgehead atoms. The summed E-state index contributed by atoms with van der Waals surface area (Å²) < 4.78 is 10.7.